The van der Waals surface area contributed by atoms with Gasteiger partial charge in [-0.1, -0.05) is 30.3 Å². The second kappa shape index (κ2) is 14.8. The molecule has 37 heavy (non-hydrogen) atoms. The summed E-state index contributed by atoms with van der Waals surface area (Å²) >= 11 is 0. The Morgan fingerprint density at radius 3 is 2.38 bits per heavy atom. The van der Waals surface area contributed by atoms with Crippen LogP contribution in [0.3, 0.4) is 0 Å². The summed E-state index contributed by atoms with van der Waals surface area (Å²) in [5.74, 6) is -3.26. The summed E-state index contributed by atoms with van der Waals surface area (Å²) in [4.78, 5) is 59.9. The van der Waals surface area contributed by atoms with E-state index in [2.05, 4.69) is 30.9 Å². The summed E-state index contributed by atoms with van der Waals surface area (Å²) < 4.78 is 0. The number of aromatic nitrogens is 2. The molecule has 3 unspecified atom stereocenters. The first-order chi connectivity index (χ1) is 17.7. The van der Waals surface area contributed by atoms with E-state index in [0.29, 0.717) is 18.5 Å². The van der Waals surface area contributed by atoms with E-state index in [0.717, 1.165) is 5.56 Å². The van der Waals surface area contributed by atoms with Gasteiger partial charge in [0.1, 0.15) is 12.1 Å². The molecule has 1 heterocycles. The van der Waals surface area contributed by atoms with Crippen LogP contribution in [0.2, 0.25) is 0 Å². The van der Waals surface area contributed by atoms with Gasteiger partial charge in [0.15, 0.2) is 5.96 Å². The summed E-state index contributed by atoms with van der Waals surface area (Å²) in [6, 6.07) is 5.96. The number of carboxylic acids is 1. The molecular weight excluding hydrogens is 482 g/mol. The topological polar surface area (TPSA) is 244 Å². The van der Waals surface area contributed by atoms with Crippen LogP contribution in [0.25, 0.3) is 0 Å². The van der Waals surface area contributed by atoms with E-state index in [9.17, 15) is 24.3 Å². The second-order valence-electron chi connectivity index (χ2n) is 8.26. The van der Waals surface area contributed by atoms with Crippen molar-refractivity contribution in [1.82, 2.24) is 25.9 Å². The lowest BCUT2D eigenvalue weighted by Gasteiger charge is -2.21. The third kappa shape index (κ3) is 10.8. The van der Waals surface area contributed by atoms with Gasteiger partial charge in [-0.15, -0.1) is 0 Å². The fraction of sp³-hybridized carbons (Fsp3) is 0.391. The number of amides is 3. The number of nitrogens with one attached hydrogen (secondary N) is 4. The number of rotatable bonds is 15. The van der Waals surface area contributed by atoms with Crippen molar-refractivity contribution >= 4 is 29.7 Å². The second-order valence-corrected chi connectivity index (χ2v) is 8.26. The molecule has 0 aliphatic rings. The van der Waals surface area contributed by atoms with Crippen LogP contribution in [-0.2, 0) is 32.0 Å². The van der Waals surface area contributed by atoms with Gasteiger partial charge in [0, 0.05) is 24.9 Å². The maximum absolute atomic E-state index is 12.9. The average Bonchev–Trinajstić information content (AvgIpc) is 3.37. The summed E-state index contributed by atoms with van der Waals surface area (Å²) in [5.41, 5.74) is 17.8. The largest absolute Gasteiger partial charge is 0.480 e. The number of carboxylic acid groups (broad SMARTS) is 1. The van der Waals surface area contributed by atoms with Crippen LogP contribution in [0, 0.1) is 0 Å². The number of guanidine groups is 1. The van der Waals surface area contributed by atoms with Gasteiger partial charge < -0.3 is 43.2 Å². The molecule has 2 rings (SSSR count). The number of benzene rings is 1. The Hall–Kier alpha value is -4.46. The zero-order valence-electron chi connectivity index (χ0n) is 20.2. The number of hydrogen-bond donors (Lipinski definition) is 8. The highest BCUT2D eigenvalue weighted by molar-refractivity contribution is 5.92. The predicted molar refractivity (Wildman–Crippen MR) is 135 cm³/mol. The number of hydrogen-bond acceptors (Lipinski definition) is 7. The van der Waals surface area contributed by atoms with Gasteiger partial charge in [0.05, 0.1) is 18.9 Å². The minimum absolute atomic E-state index is 0.0133. The Bertz CT molecular complexity index is 1060. The van der Waals surface area contributed by atoms with E-state index in [1.165, 1.54) is 12.5 Å². The van der Waals surface area contributed by atoms with Crippen LogP contribution >= 0.6 is 0 Å². The number of nitrogens with zero attached hydrogens (tertiary/aromatic N) is 2. The molecule has 0 spiro atoms. The third-order valence-corrected chi connectivity index (χ3v) is 5.25. The lowest BCUT2D eigenvalue weighted by molar-refractivity contribution is -0.142. The molecule has 0 radical (unpaired) electrons. The SMILES string of the molecule is NC(N)=NCCCC(NC(=O)C(Cc1cnc[nH]1)NC(=O)CNC(=O)C(N)Cc1ccccc1)C(=O)O. The Balaban J connectivity index is 1.95. The molecule has 0 saturated heterocycles. The van der Waals surface area contributed by atoms with Gasteiger partial charge >= 0.3 is 5.97 Å². The highest BCUT2D eigenvalue weighted by atomic mass is 16.4. The number of aromatic amines is 1. The Labute approximate surface area is 213 Å². The number of nitrogens with two attached hydrogens (primary N) is 3. The fourth-order valence-electron chi connectivity index (χ4n) is 3.36. The fourth-order valence-corrected chi connectivity index (χ4v) is 3.36. The first-order valence-electron chi connectivity index (χ1n) is 11.6. The van der Waals surface area contributed by atoms with E-state index < -0.39 is 48.4 Å². The molecule has 1 aromatic heterocycles. The molecule has 0 bridgehead atoms. The summed E-state index contributed by atoms with van der Waals surface area (Å²) in [5, 5.41) is 16.9. The quantitative estimate of drug-likeness (QED) is 0.0724. The van der Waals surface area contributed by atoms with Crippen molar-refractivity contribution in [2.75, 3.05) is 13.1 Å². The minimum atomic E-state index is -1.25. The number of carbonyl (C=O) groups excluding carboxylic acids is 3. The van der Waals surface area contributed by atoms with Crippen LogP contribution in [0.5, 0.6) is 0 Å². The molecule has 1 aromatic carbocycles. The lowest BCUT2D eigenvalue weighted by atomic mass is 10.1. The van der Waals surface area contributed by atoms with Crippen molar-refractivity contribution in [1.29, 1.82) is 0 Å². The third-order valence-electron chi connectivity index (χ3n) is 5.25. The summed E-state index contributed by atoms with van der Waals surface area (Å²) in [6.45, 7) is -0.225. The van der Waals surface area contributed by atoms with Crippen molar-refractivity contribution in [3.8, 4) is 0 Å². The zero-order valence-corrected chi connectivity index (χ0v) is 20.2. The monoisotopic (exact) mass is 515 g/mol. The van der Waals surface area contributed by atoms with Crippen molar-refractivity contribution in [2.24, 2.45) is 22.2 Å². The molecule has 14 heteroatoms. The Kier molecular flexibility index (Phi) is 11.5. The van der Waals surface area contributed by atoms with Gasteiger partial charge in [-0.2, -0.15) is 0 Å². The highest BCUT2D eigenvalue weighted by Crippen LogP contribution is 2.04. The molecule has 2 aromatic rings. The number of aliphatic carboxylic acids is 1. The zero-order chi connectivity index (χ0) is 27.2. The number of carbonyl (C=O) groups is 4. The molecular formula is C23H33N9O5. The van der Waals surface area contributed by atoms with Crippen molar-refractivity contribution < 1.29 is 24.3 Å². The average molecular weight is 516 g/mol. The molecule has 3 amide bonds. The van der Waals surface area contributed by atoms with E-state index >= 15 is 0 Å². The Morgan fingerprint density at radius 2 is 1.76 bits per heavy atom. The first kappa shape index (κ1) is 28.8. The van der Waals surface area contributed by atoms with E-state index in [4.69, 9.17) is 17.2 Å². The normalized spacial score (nSPS) is 13.0. The van der Waals surface area contributed by atoms with Crippen LogP contribution < -0.4 is 33.2 Å². The number of aliphatic imine (C=N–C) groups is 1. The molecule has 3 atom stereocenters. The van der Waals surface area contributed by atoms with Crippen LogP contribution in [-0.4, -0.2) is 75.9 Å². The maximum Gasteiger partial charge on any atom is 0.326 e. The van der Waals surface area contributed by atoms with Gasteiger partial charge in [0.25, 0.3) is 0 Å². The predicted octanol–water partition coefficient (Wildman–Crippen LogP) is -2.25. The molecule has 0 fully saturated rings. The van der Waals surface area contributed by atoms with E-state index in [-0.39, 0.29) is 25.3 Å². The molecule has 0 aliphatic heterocycles. The van der Waals surface area contributed by atoms with Crippen LogP contribution in [0.15, 0.2) is 47.8 Å². The summed E-state index contributed by atoms with van der Waals surface area (Å²) in [6.07, 6.45) is 3.56. The van der Waals surface area contributed by atoms with Crippen LogP contribution in [0.1, 0.15) is 24.1 Å². The van der Waals surface area contributed by atoms with Crippen molar-refractivity contribution in [3.05, 3.63) is 54.1 Å². The maximum atomic E-state index is 12.9. The van der Waals surface area contributed by atoms with Crippen molar-refractivity contribution in [3.63, 3.8) is 0 Å². The van der Waals surface area contributed by atoms with Gasteiger partial charge in [-0.05, 0) is 24.8 Å². The number of H-pyrrole nitrogens is 1. The van der Waals surface area contributed by atoms with E-state index in [1.807, 2.05) is 30.3 Å². The lowest BCUT2D eigenvalue weighted by Crippen LogP contribution is -2.54. The smallest absolute Gasteiger partial charge is 0.326 e. The molecule has 0 saturated carbocycles. The summed E-state index contributed by atoms with van der Waals surface area (Å²) in [7, 11) is 0. The minimum Gasteiger partial charge on any atom is -0.480 e. The van der Waals surface area contributed by atoms with Gasteiger partial charge in [-0.3, -0.25) is 19.4 Å². The molecule has 200 valence electrons. The standard InChI is InChI=1S/C23H33N9O5/c24-16(9-14-5-2-1-3-6-14)20(34)29-12-19(33)31-18(10-15-11-27-13-30-15)21(35)32-17(22(36)37)7-4-8-28-23(25)26/h1-3,5-6,11,13,16-18H,4,7-10,12,24H2,(H,27,30)(H,29,34)(H,31,33)(H,32,35)(H,36,37)(H4,25,26,28). The molecule has 11 N–H and O–H groups in total. The molecule has 0 aliphatic carbocycles. The van der Waals surface area contributed by atoms with Gasteiger partial charge in [0.2, 0.25) is 17.7 Å². The molecule has 14 nitrogen and oxygen atoms in total. The highest BCUT2D eigenvalue weighted by Gasteiger charge is 2.27. The first-order valence-corrected chi connectivity index (χ1v) is 11.6. The Morgan fingerprint density at radius 1 is 1.03 bits per heavy atom. The van der Waals surface area contributed by atoms with Crippen molar-refractivity contribution in [2.45, 2.75) is 43.8 Å². The van der Waals surface area contributed by atoms with Gasteiger partial charge in [-0.25, -0.2) is 9.78 Å². The number of imidazole rings is 1. The van der Waals surface area contributed by atoms with Crippen LogP contribution in [0.4, 0.5) is 0 Å². The van der Waals surface area contributed by atoms with E-state index in [1.54, 1.807) is 0 Å².